The van der Waals surface area contributed by atoms with Crippen molar-refractivity contribution < 1.29 is 29.0 Å². The Morgan fingerprint density at radius 2 is 1.76 bits per heavy atom. The molecule has 0 radical (unpaired) electrons. The summed E-state index contributed by atoms with van der Waals surface area (Å²) in [5.41, 5.74) is 4.52. The van der Waals surface area contributed by atoms with Crippen LogP contribution in [0.25, 0.3) is 11.1 Å². The number of aliphatic carboxylic acids is 1. The first kappa shape index (κ1) is 24.1. The lowest BCUT2D eigenvalue weighted by Crippen LogP contribution is -2.51. The van der Waals surface area contributed by atoms with Gasteiger partial charge in [0.05, 0.1) is 6.04 Å². The Hall–Kier alpha value is -3.04. The van der Waals surface area contributed by atoms with E-state index in [1.807, 2.05) is 42.7 Å². The molecule has 1 fully saturated rings. The number of benzene rings is 2. The number of thioether (sulfide) groups is 1. The molecule has 180 valence electrons. The number of nitrogens with zero attached hydrogens (tertiary/aromatic N) is 1. The number of carboxylic acids is 1. The number of ether oxygens (including phenoxy) is 2. The van der Waals surface area contributed by atoms with E-state index < -0.39 is 36.7 Å². The first-order chi connectivity index (χ1) is 16.5. The molecule has 1 aliphatic heterocycles. The van der Waals surface area contributed by atoms with Gasteiger partial charge in [-0.1, -0.05) is 48.5 Å². The topological polar surface area (TPSA) is 105 Å². The number of amides is 2. The number of nitrogens with one attached hydrogen (secondary N) is 1. The van der Waals surface area contributed by atoms with Crippen molar-refractivity contribution in [2.24, 2.45) is 0 Å². The number of hydrogen-bond donors (Lipinski definition) is 2. The highest BCUT2D eigenvalue weighted by Crippen LogP contribution is 2.44. The summed E-state index contributed by atoms with van der Waals surface area (Å²) in [6, 6.07) is 15.6. The van der Waals surface area contributed by atoms with Crippen LogP contribution in [0.4, 0.5) is 4.79 Å². The Labute approximate surface area is 202 Å². The fourth-order valence-electron chi connectivity index (χ4n) is 4.58. The summed E-state index contributed by atoms with van der Waals surface area (Å²) in [5.74, 6) is -0.977. The fraction of sp³-hybridized carbons (Fsp3) is 0.400. The van der Waals surface area contributed by atoms with Crippen LogP contribution in [0.1, 0.15) is 23.5 Å². The van der Waals surface area contributed by atoms with E-state index >= 15 is 0 Å². The van der Waals surface area contributed by atoms with Gasteiger partial charge in [-0.15, -0.1) is 0 Å². The number of carboxylic acid groups (broad SMARTS) is 1. The first-order valence-corrected chi connectivity index (χ1v) is 12.6. The average molecular weight is 485 g/mol. The lowest BCUT2D eigenvalue weighted by atomic mass is 9.98. The van der Waals surface area contributed by atoms with Crippen LogP contribution in [-0.4, -0.2) is 78.4 Å². The van der Waals surface area contributed by atoms with Crippen molar-refractivity contribution in [3.05, 3.63) is 59.7 Å². The molecule has 0 saturated carbocycles. The van der Waals surface area contributed by atoms with Crippen molar-refractivity contribution in [2.45, 2.75) is 24.5 Å². The van der Waals surface area contributed by atoms with Gasteiger partial charge in [0.2, 0.25) is 0 Å². The minimum absolute atomic E-state index is 0.0620. The molecule has 4 rings (SSSR count). The van der Waals surface area contributed by atoms with Crippen molar-refractivity contribution in [2.75, 3.05) is 38.3 Å². The van der Waals surface area contributed by atoms with Crippen molar-refractivity contribution in [1.29, 1.82) is 0 Å². The third-order valence-corrected chi connectivity index (χ3v) is 6.78. The quantitative estimate of drug-likeness (QED) is 0.564. The highest BCUT2D eigenvalue weighted by atomic mass is 32.2. The van der Waals surface area contributed by atoms with E-state index in [-0.39, 0.29) is 12.5 Å². The molecule has 8 nitrogen and oxygen atoms in total. The largest absolute Gasteiger partial charge is 0.480 e. The molecule has 0 spiro atoms. The first-order valence-electron chi connectivity index (χ1n) is 11.2. The van der Waals surface area contributed by atoms with Crippen LogP contribution in [-0.2, 0) is 19.1 Å². The molecule has 2 amide bonds. The Kier molecular flexibility index (Phi) is 7.74. The van der Waals surface area contributed by atoms with Crippen molar-refractivity contribution >= 4 is 29.7 Å². The van der Waals surface area contributed by atoms with Gasteiger partial charge < -0.3 is 24.8 Å². The second-order valence-corrected chi connectivity index (χ2v) is 9.29. The van der Waals surface area contributed by atoms with Crippen molar-refractivity contribution in [3.8, 4) is 11.1 Å². The predicted octanol–water partition coefficient (Wildman–Crippen LogP) is 2.96. The van der Waals surface area contributed by atoms with Crippen LogP contribution in [0.2, 0.25) is 0 Å². The molecule has 0 bridgehead atoms. The van der Waals surface area contributed by atoms with E-state index in [0.717, 1.165) is 22.3 Å². The molecule has 0 unspecified atom stereocenters. The van der Waals surface area contributed by atoms with Crippen LogP contribution >= 0.6 is 11.8 Å². The predicted molar refractivity (Wildman–Crippen MR) is 129 cm³/mol. The highest BCUT2D eigenvalue weighted by Gasteiger charge is 2.39. The van der Waals surface area contributed by atoms with Gasteiger partial charge in [0.25, 0.3) is 5.91 Å². The van der Waals surface area contributed by atoms with E-state index in [9.17, 15) is 14.4 Å². The summed E-state index contributed by atoms with van der Waals surface area (Å²) in [6.07, 6.45) is 0.784. The summed E-state index contributed by atoms with van der Waals surface area (Å²) in [6.45, 7) is 0.361. The van der Waals surface area contributed by atoms with Gasteiger partial charge in [0.1, 0.15) is 13.2 Å². The zero-order valence-electron chi connectivity index (χ0n) is 18.9. The maximum atomic E-state index is 13.0. The smallest absolute Gasteiger partial charge is 0.407 e. The third-order valence-electron chi connectivity index (χ3n) is 6.19. The minimum atomic E-state index is -1.09. The monoisotopic (exact) mass is 484 g/mol. The van der Waals surface area contributed by atoms with E-state index in [1.54, 1.807) is 0 Å². The summed E-state index contributed by atoms with van der Waals surface area (Å²) in [5, 5.41) is 11.9. The van der Waals surface area contributed by atoms with Gasteiger partial charge in [-0.2, -0.15) is 11.8 Å². The molecule has 2 aromatic carbocycles. The molecule has 2 atom stereocenters. The molecular formula is C25H28N2O6S. The second kappa shape index (κ2) is 10.9. The number of alkyl carbamates (subject to hydrolysis) is 1. The molecule has 34 heavy (non-hydrogen) atoms. The van der Waals surface area contributed by atoms with Gasteiger partial charge >= 0.3 is 12.1 Å². The highest BCUT2D eigenvalue weighted by molar-refractivity contribution is 7.98. The summed E-state index contributed by atoms with van der Waals surface area (Å²) >= 11 is 1.52. The van der Waals surface area contributed by atoms with E-state index in [0.29, 0.717) is 25.3 Å². The summed E-state index contributed by atoms with van der Waals surface area (Å²) in [7, 11) is 0. The number of rotatable bonds is 9. The van der Waals surface area contributed by atoms with Gasteiger partial charge in [-0.05, 0) is 34.9 Å². The van der Waals surface area contributed by atoms with E-state index in [2.05, 4.69) is 17.4 Å². The minimum Gasteiger partial charge on any atom is -0.480 e. The molecule has 2 aromatic rings. The zero-order valence-corrected chi connectivity index (χ0v) is 19.8. The van der Waals surface area contributed by atoms with Gasteiger partial charge in [-0.25, -0.2) is 4.79 Å². The molecular weight excluding hydrogens is 456 g/mol. The lowest BCUT2D eigenvalue weighted by Gasteiger charge is -2.26. The van der Waals surface area contributed by atoms with Gasteiger partial charge in [0, 0.05) is 24.8 Å². The number of carbonyl (C=O) groups is 3. The number of carbonyl (C=O) groups excluding carboxylic acids is 2. The van der Waals surface area contributed by atoms with Crippen molar-refractivity contribution in [1.82, 2.24) is 10.2 Å². The Balaban J connectivity index is 1.38. The third kappa shape index (κ3) is 5.20. The van der Waals surface area contributed by atoms with Crippen LogP contribution in [0, 0.1) is 0 Å². The zero-order chi connectivity index (χ0) is 24.1. The molecule has 1 heterocycles. The Morgan fingerprint density at radius 1 is 1.12 bits per heavy atom. The molecule has 2 N–H and O–H groups in total. The van der Waals surface area contributed by atoms with Crippen LogP contribution in [0.5, 0.6) is 0 Å². The number of hydrogen-bond acceptors (Lipinski definition) is 6. The van der Waals surface area contributed by atoms with E-state index in [4.69, 9.17) is 14.6 Å². The standard InChI is InChI=1S/C25H28N2O6S/c1-34-13-11-27(14-22(28)29)24(30)23-21(10-12-32-23)26-25(31)33-15-20-18-8-4-2-6-16(18)17-7-3-5-9-19(17)20/h2-9,20-21,23H,10-15H2,1H3,(H,26,31)(H,28,29)/t21-,23+/m1/s1. The summed E-state index contributed by atoms with van der Waals surface area (Å²) < 4.78 is 11.2. The molecule has 0 aromatic heterocycles. The molecule has 9 heteroatoms. The second-order valence-electron chi connectivity index (χ2n) is 8.30. The van der Waals surface area contributed by atoms with Crippen molar-refractivity contribution in [3.63, 3.8) is 0 Å². The van der Waals surface area contributed by atoms with Gasteiger partial charge in [-0.3, -0.25) is 9.59 Å². The Bertz CT molecular complexity index is 1020. The SMILES string of the molecule is CSCCN(CC(=O)O)C(=O)[C@H]1OCC[C@H]1NC(=O)OCC1c2ccccc2-c2ccccc21. The fourth-order valence-corrected chi connectivity index (χ4v) is 4.99. The summed E-state index contributed by atoms with van der Waals surface area (Å²) in [4.78, 5) is 38.1. The average Bonchev–Trinajstić information content (AvgIpc) is 3.42. The maximum absolute atomic E-state index is 13.0. The van der Waals surface area contributed by atoms with E-state index in [1.165, 1.54) is 16.7 Å². The maximum Gasteiger partial charge on any atom is 0.407 e. The van der Waals surface area contributed by atoms with Crippen LogP contribution in [0.15, 0.2) is 48.5 Å². The van der Waals surface area contributed by atoms with Crippen LogP contribution < -0.4 is 5.32 Å². The normalized spacial score (nSPS) is 18.7. The molecule has 1 saturated heterocycles. The van der Waals surface area contributed by atoms with Gasteiger partial charge in [0.15, 0.2) is 6.10 Å². The Morgan fingerprint density at radius 3 is 2.38 bits per heavy atom. The van der Waals surface area contributed by atoms with Crippen LogP contribution in [0.3, 0.4) is 0 Å². The lowest BCUT2D eigenvalue weighted by molar-refractivity contribution is -0.149. The number of fused-ring (bicyclic) bond motifs is 3. The molecule has 1 aliphatic carbocycles. The molecule has 2 aliphatic rings.